The van der Waals surface area contributed by atoms with Gasteiger partial charge in [-0.1, -0.05) is 19.1 Å². The van der Waals surface area contributed by atoms with Crippen LogP contribution in [0.3, 0.4) is 0 Å². The number of methoxy groups -OCH3 is 1. The number of hydrogen-bond acceptors (Lipinski definition) is 7. The fraction of sp³-hybridized carbons (Fsp3) is 0.519. The highest BCUT2D eigenvalue weighted by molar-refractivity contribution is 7.18. The molecule has 36 heavy (non-hydrogen) atoms. The SMILES string of the molecule is COc1ccc(CCNC(=O)Cn2c(CN3CCOCC3)nc3sc4c(c3c2=O)CC[C@H](C)C4)cc1. The lowest BCUT2D eigenvalue weighted by Crippen LogP contribution is -2.40. The van der Waals surface area contributed by atoms with Crippen LogP contribution in [0, 0.1) is 5.92 Å². The molecule has 1 aromatic carbocycles. The first kappa shape index (κ1) is 24.9. The van der Waals surface area contributed by atoms with Crippen molar-refractivity contribution in [3.8, 4) is 5.75 Å². The van der Waals surface area contributed by atoms with Gasteiger partial charge in [0.05, 0.1) is 32.3 Å². The van der Waals surface area contributed by atoms with Gasteiger partial charge in [0.15, 0.2) is 0 Å². The summed E-state index contributed by atoms with van der Waals surface area (Å²) in [5.41, 5.74) is 2.18. The van der Waals surface area contributed by atoms with E-state index in [1.165, 1.54) is 4.88 Å². The van der Waals surface area contributed by atoms with Crippen molar-refractivity contribution in [2.24, 2.45) is 5.92 Å². The van der Waals surface area contributed by atoms with Gasteiger partial charge in [-0.25, -0.2) is 4.98 Å². The highest BCUT2D eigenvalue weighted by atomic mass is 32.1. The maximum Gasteiger partial charge on any atom is 0.263 e. The van der Waals surface area contributed by atoms with Gasteiger partial charge in [0.2, 0.25) is 5.91 Å². The number of fused-ring (bicyclic) bond motifs is 3. The zero-order chi connectivity index (χ0) is 25.1. The maximum absolute atomic E-state index is 13.8. The molecule has 3 aromatic rings. The van der Waals surface area contributed by atoms with Crippen molar-refractivity contribution in [2.75, 3.05) is 40.0 Å². The Balaban J connectivity index is 1.37. The Morgan fingerprint density at radius 2 is 2.03 bits per heavy atom. The summed E-state index contributed by atoms with van der Waals surface area (Å²) in [5, 5.41) is 3.71. The van der Waals surface area contributed by atoms with Crippen molar-refractivity contribution in [2.45, 2.75) is 45.7 Å². The molecule has 1 fully saturated rings. The number of aromatic nitrogens is 2. The van der Waals surface area contributed by atoms with E-state index in [1.54, 1.807) is 23.0 Å². The average Bonchev–Trinajstić information content (AvgIpc) is 3.24. The van der Waals surface area contributed by atoms with Gasteiger partial charge in [0.25, 0.3) is 5.56 Å². The second-order valence-electron chi connectivity index (χ2n) is 9.79. The van der Waals surface area contributed by atoms with E-state index in [4.69, 9.17) is 14.5 Å². The fourth-order valence-corrected chi connectivity index (χ4v) is 6.44. The predicted octanol–water partition coefficient (Wildman–Crippen LogP) is 2.78. The van der Waals surface area contributed by atoms with Crippen molar-refractivity contribution in [1.29, 1.82) is 0 Å². The molecule has 5 rings (SSSR count). The van der Waals surface area contributed by atoms with Gasteiger partial charge in [0, 0.05) is 24.5 Å². The first-order valence-electron chi connectivity index (χ1n) is 12.8. The molecule has 1 saturated heterocycles. The number of carbonyl (C=O) groups excluding carboxylic acids is 1. The molecule has 1 aliphatic heterocycles. The third kappa shape index (κ3) is 5.48. The zero-order valence-corrected chi connectivity index (χ0v) is 21.9. The van der Waals surface area contributed by atoms with E-state index in [2.05, 4.69) is 17.1 Å². The second kappa shape index (κ2) is 11.1. The summed E-state index contributed by atoms with van der Waals surface area (Å²) in [6.45, 7) is 6.20. The van der Waals surface area contributed by atoms with Crippen LogP contribution >= 0.6 is 11.3 Å². The third-order valence-corrected chi connectivity index (χ3v) is 8.31. The molecule has 0 bridgehead atoms. The van der Waals surface area contributed by atoms with Crippen LogP contribution in [-0.4, -0.2) is 60.3 Å². The lowest BCUT2D eigenvalue weighted by molar-refractivity contribution is -0.121. The molecule has 0 radical (unpaired) electrons. The number of ether oxygens (including phenoxy) is 2. The fourth-order valence-electron chi connectivity index (χ4n) is 5.05. The summed E-state index contributed by atoms with van der Waals surface area (Å²) in [6.07, 6.45) is 3.70. The number of amides is 1. The molecule has 2 aliphatic rings. The number of carbonyl (C=O) groups is 1. The summed E-state index contributed by atoms with van der Waals surface area (Å²) in [5.74, 6) is 1.92. The summed E-state index contributed by atoms with van der Waals surface area (Å²) in [6, 6.07) is 7.82. The van der Waals surface area contributed by atoms with Gasteiger partial charge in [-0.15, -0.1) is 11.3 Å². The van der Waals surface area contributed by atoms with Gasteiger partial charge in [-0.3, -0.25) is 19.1 Å². The number of thiophene rings is 1. The van der Waals surface area contributed by atoms with Crippen LogP contribution in [0.5, 0.6) is 5.75 Å². The number of morpholine rings is 1. The third-order valence-electron chi connectivity index (χ3n) is 7.16. The van der Waals surface area contributed by atoms with Crippen LogP contribution in [0.4, 0.5) is 0 Å². The van der Waals surface area contributed by atoms with Crippen LogP contribution in [0.2, 0.25) is 0 Å². The predicted molar refractivity (Wildman–Crippen MR) is 141 cm³/mol. The van der Waals surface area contributed by atoms with Gasteiger partial charge in [-0.2, -0.15) is 0 Å². The number of rotatable bonds is 8. The Kier molecular flexibility index (Phi) is 7.69. The summed E-state index contributed by atoms with van der Waals surface area (Å²) in [7, 11) is 1.64. The molecule has 1 amide bonds. The van der Waals surface area contributed by atoms with Crippen LogP contribution < -0.4 is 15.6 Å². The van der Waals surface area contributed by atoms with Crippen LogP contribution in [0.25, 0.3) is 10.2 Å². The molecule has 9 heteroatoms. The summed E-state index contributed by atoms with van der Waals surface area (Å²) >= 11 is 1.66. The van der Waals surface area contributed by atoms with Crippen molar-refractivity contribution in [3.63, 3.8) is 0 Å². The number of nitrogens with one attached hydrogen (secondary N) is 1. The minimum Gasteiger partial charge on any atom is -0.497 e. The molecule has 2 aromatic heterocycles. The Labute approximate surface area is 215 Å². The molecule has 192 valence electrons. The maximum atomic E-state index is 13.8. The van der Waals surface area contributed by atoms with Crippen LogP contribution in [0.15, 0.2) is 29.1 Å². The number of benzene rings is 1. The molecule has 1 aliphatic carbocycles. The van der Waals surface area contributed by atoms with E-state index in [0.717, 1.165) is 59.4 Å². The normalized spacial score (nSPS) is 18.2. The molecule has 0 saturated carbocycles. The van der Waals surface area contributed by atoms with E-state index in [-0.39, 0.29) is 18.0 Å². The smallest absolute Gasteiger partial charge is 0.263 e. The standard InChI is InChI=1S/C27H34N4O4S/c1-18-3-8-21-22(15-18)36-26-25(21)27(33)31(23(29-26)16-30-11-13-35-14-12-30)17-24(32)28-10-9-19-4-6-20(34-2)7-5-19/h4-7,18H,3,8-17H2,1-2H3,(H,28,32)/t18-/m0/s1. The van der Waals surface area contributed by atoms with Crippen molar-refractivity contribution in [3.05, 3.63) is 56.4 Å². The van der Waals surface area contributed by atoms with Gasteiger partial charge < -0.3 is 14.8 Å². The quantitative estimate of drug-likeness (QED) is 0.502. The molecule has 1 N–H and O–H groups in total. The van der Waals surface area contributed by atoms with Crippen molar-refractivity contribution >= 4 is 27.5 Å². The highest BCUT2D eigenvalue weighted by Gasteiger charge is 2.26. The van der Waals surface area contributed by atoms with Gasteiger partial charge in [-0.05, 0) is 54.9 Å². The van der Waals surface area contributed by atoms with Crippen molar-refractivity contribution in [1.82, 2.24) is 19.8 Å². The van der Waals surface area contributed by atoms with Crippen LogP contribution in [0.1, 0.15) is 35.2 Å². The lowest BCUT2D eigenvalue weighted by Gasteiger charge is -2.27. The molecule has 3 heterocycles. The van der Waals surface area contributed by atoms with E-state index in [1.807, 2.05) is 24.3 Å². The number of hydrogen-bond donors (Lipinski definition) is 1. The molecule has 8 nitrogen and oxygen atoms in total. The summed E-state index contributed by atoms with van der Waals surface area (Å²) in [4.78, 5) is 36.1. The van der Waals surface area contributed by atoms with Crippen LogP contribution in [-0.2, 0) is 41.9 Å². The second-order valence-corrected chi connectivity index (χ2v) is 10.9. The Morgan fingerprint density at radius 1 is 1.25 bits per heavy atom. The van der Waals surface area contributed by atoms with E-state index < -0.39 is 0 Å². The molecular formula is C27H34N4O4S. The van der Waals surface area contributed by atoms with Crippen molar-refractivity contribution < 1.29 is 14.3 Å². The monoisotopic (exact) mass is 510 g/mol. The lowest BCUT2D eigenvalue weighted by atomic mass is 9.89. The average molecular weight is 511 g/mol. The Bertz CT molecular complexity index is 1280. The van der Waals surface area contributed by atoms with E-state index in [0.29, 0.717) is 44.5 Å². The van der Waals surface area contributed by atoms with Gasteiger partial charge in [0.1, 0.15) is 22.9 Å². The van der Waals surface area contributed by atoms with E-state index >= 15 is 0 Å². The molecule has 1 atom stereocenters. The first-order chi connectivity index (χ1) is 17.5. The van der Waals surface area contributed by atoms with E-state index in [9.17, 15) is 9.59 Å². The molecule has 0 unspecified atom stereocenters. The first-order valence-corrected chi connectivity index (χ1v) is 13.6. The Morgan fingerprint density at radius 3 is 2.78 bits per heavy atom. The zero-order valence-electron chi connectivity index (χ0n) is 21.0. The molecule has 0 spiro atoms. The van der Waals surface area contributed by atoms with Gasteiger partial charge >= 0.3 is 0 Å². The minimum absolute atomic E-state index is 0.0227. The largest absolute Gasteiger partial charge is 0.497 e. The highest BCUT2D eigenvalue weighted by Crippen LogP contribution is 2.36. The topological polar surface area (TPSA) is 85.7 Å². The summed E-state index contributed by atoms with van der Waals surface area (Å²) < 4.78 is 12.3. The number of nitrogens with zero attached hydrogens (tertiary/aromatic N) is 3. The number of aryl methyl sites for hydroxylation is 1. The Hall–Kier alpha value is -2.75. The minimum atomic E-state index is -0.173. The molecular weight excluding hydrogens is 476 g/mol.